The topological polar surface area (TPSA) is 40.5 Å². The second-order valence-electron chi connectivity index (χ2n) is 6.22. The van der Waals surface area contributed by atoms with Gasteiger partial charge in [0.15, 0.2) is 0 Å². The van der Waals surface area contributed by atoms with E-state index in [1.54, 1.807) is 17.0 Å². The number of rotatable bonds is 2. The summed E-state index contributed by atoms with van der Waals surface area (Å²) in [5, 5.41) is 9.93. The lowest BCUT2D eigenvalue weighted by molar-refractivity contribution is -0.140. The molecule has 20 heavy (non-hydrogen) atoms. The van der Waals surface area contributed by atoms with E-state index in [-0.39, 0.29) is 17.6 Å². The number of aliphatic hydroxyl groups excluding tert-OH is 1. The number of piperidine rings is 1. The molecule has 0 aromatic heterocycles. The minimum atomic E-state index is -0.714. The number of carbonyl (C=O) groups is 1. The van der Waals surface area contributed by atoms with E-state index in [2.05, 4.69) is 0 Å². The average Bonchev–Trinajstić information content (AvgIpc) is 2.41. The summed E-state index contributed by atoms with van der Waals surface area (Å²) in [6.45, 7) is 6.73. The SMILES string of the molecule is CC1CCN(C(=O)C(C)(C)c2ccc(F)cc2)CC1O. The van der Waals surface area contributed by atoms with Gasteiger partial charge in [-0.2, -0.15) is 0 Å². The van der Waals surface area contributed by atoms with E-state index in [0.29, 0.717) is 13.1 Å². The van der Waals surface area contributed by atoms with Crippen molar-refractivity contribution in [2.75, 3.05) is 13.1 Å². The van der Waals surface area contributed by atoms with Gasteiger partial charge in [0.05, 0.1) is 11.5 Å². The van der Waals surface area contributed by atoms with Gasteiger partial charge < -0.3 is 10.0 Å². The van der Waals surface area contributed by atoms with Gasteiger partial charge in [0, 0.05) is 13.1 Å². The van der Waals surface area contributed by atoms with Crippen LogP contribution < -0.4 is 0 Å². The summed E-state index contributed by atoms with van der Waals surface area (Å²) in [5.41, 5.74) is 0.0746. The number of halogens is 1. The normalized spacial score (nSPS) is 23.8. The molecule has 3 nitrogen and oxygen atoms in total. The van der Waals surface area contributed by atoms with Crippen LogP contribution in [0.25, 0.3) is 0 Å². The van der Waals surface area contributed by atoms with Gasteiger partial charge in [-0.25, -0.2) is 4.39 Å². The van der Waals surface area contributed by atoms with Crippen molar-refractivity contribution in [3.05, 3.63) is 35.6 Å². The first kappa shape index (κ1) is 15.0. The van der Waals surface area contributed by atoms with E-state index < -0.39 is 11.5 Å². The fraction of sp³-hybridized carbons (Fsp3) is 0.562. The summed E-state index contributed by atoms with van der Waals surface area (Å²) in [7, 11) is 0. The first-order valence-electron chi connectivity index (χ1n) is 7.06. The minimum Gasteiger partial charge on any atom is -0.391 e. The fourth-order valence-electron chi connectivity index (χ4n) is 2.62. The Morgan fingerprint density at radius 1 is 1.35 bits per heavy atom. The number of likely N-dealkylation sites (tertiary alicyclic amines) is 1. The fourth-order valence-corrected chi connectivity index (χ4v) is 2.62. The van der Waals surface area contributed by atoms with E-state index in [9.17, 15) is 14.3 Å². The molecule has 0 aliphatic carbocycles. The number of amides is 1. The number of aliphatic hydroxyl groups is 1. The molecule has 0 spiro atoms. The van der Waals surface area contributed by atoms with Crippen molar-refractivity contribution in [1.82, 2.24) is 4.90 Å². The third-order valence-electron chi connectivity index (χ3n) is 4.31. The molecule has 0 bridgehead atoms. The maximum Gasteiger partial charge on any atom is 0.232 e. The third kappa shape index (κ3) is 2.85. The molecule has 4 heteroatoms. The first-order chi connectivity index (χ1) is 9.32. The zero-order valence-corrected chi connectivity index (χ0v) is 12.3. The number of β-amino-alcohol motifs (C(OH)–C–C–N with tert-alkyl or cyclic N) is 1. The summed E-state index contributed by atoms with van der Waals surface area (Å²) in [5.74, 6) is -0.0951. The lowest BCUT2D eigenvalue weighted by Crippen LogP contribution is -2.51. The highest BCUT2D eigenvalue weighted by Crippen LogP contribution is 2.28. The predicted octanol–water partition coefficient (Wildman–Crippen LogP) is 2.33. The zero-order valence-electron chi connectivity index (χ0n) is 12.3. The summed E-state index contributed by atoms with van der Waals surface area (Å²) in [6, 6.07) is 6.04. The van der Waals surface area contributed by atoms with Crippen LogP contribution in [0.5, 0.6) is 0 Å². The van der Waals surface area contributed by atoms with Crippen molar-refractivity contribution in [3.8, 4) is 0 Å². The number of hydrogen-bond donors (Lipinski definition) is 1. The monoisotopic (exact) mass is 279 g/mol. The third-order valence-corrected chi connectivity index (χ3v) is 4.31. The molecule has 2 unspecified atom stereocenters. The van der Waals surface area contributed by atoms with Gasteiger partial charge in [0.1, 0.15) is 5.82 Å². The zero-order chi connectivity index (χ0) is 14.9. The van der Waals surface area contributed by atoms with Crippen LogP contribution in [0.4, 0.5) is 4.39 Å². The molecule has 110 valence electrons. The molecule has 0 saturated carbocycles. The molecule has 1 aromatic carbocycles. The summed E-state index contributed by atoms with van der Waals surface area (Å²) in [6.07, 6.45) is 0.351. The van der Waals surface area contributed by atoms with E-state index in [1.807, 2.05) is 20.8 Å². The van der Waals surface area contributed by atoms with Crippen molar-refractivity contribution in [2.24, 2.45) is 5.92 Å². The number of nitrogens with zero attached hydrogens (tertiary/aromatic N) is 1. The van der Waals surface area contributed by atoms with Gasteiger partial charge >= 0.3 is 0 Å². The van der Waals surface area contributed by atoms with E-state index >= 15 is 0 Å². The van der Waals surface area contributed by atoms with E-state index in [1.165, 1.54) is 12.1 Å². The van der Waals surface area contributed by atoms with Gasteiger partial charge in [0.2, 0.25) is 5.91 Å². The Morgan fingerprint density at radius 3 is 2.50 bits per heavy atom. The quantitative estimate of drug-likeness (QED) is 0.902. The van der Waals surface area contributed by atoms with Crippen molar-refractivity contribution in [3.63, 3.8) is 0 Å². The Hall–Kier alpha value is -1.42. The van der Waals surface area contributed by atoms with Crippen molar-refractivity contribution < 1.29 is 14.3 Å². The molecule has 1 aliphatic heterocycles. The van der Waals surface area contributed by atoms with Gasteiger partial charge in [-0.1, -0.05) is 19.1 Å². The second-order valence-corrected chi connectivity index (χ2v) is 6.22. The van der Waals surface area contributed by atoms with Crippen molar-refractivity contribution >= 4 is 5.91 Å². The Morgan fingerprint density at radius 2 is 1.95 bits per heavy atom. The lowest BCUT2D eigenvalue weighted by Gasteiger charge is -2.38. The summed E-state index contributed by atoms with van der Waals surface area (Å²) in [4.78, 5) is 14.4. The Bertz CT molecular complexity index is 484. The summed E-state index contributed by atoms with van der Waals surface area (Å²) >= 11 is 0. The van der Waals surface area contributed by atoms with Crippen LogP contribution >= 0.6 is 0 Å². The Labute approximate surface area is 119 Å². The molecule has 1 saturated heterocycles. The van der Waals surface area contributed by atoms with Crippen LogP contribution in [-0.2, 0) is 10.2 Å². The van der Waals surface area contributed by atoms with E-state index in [0.717, 1.165) is 12.0 Å². The molecule has 1 N–H and O–H groups in total. The highest BCUT2D eigenvalue weighted by atomic mass is 19.1. The Balaban J connectivity index is 2.16. The molecule has 1 aliphatic rings. The standard InChI is InChI=1S/C16H22FNO2/c1-11-8-9-18(10-14(11)19)15(20)16(2,3)12-4-6-13(17)7-5-12/h4-7,11,14,19H,8-10H2,1-3H3. The predicted molar refractivity (Wildman–Crippen MR) is 75.8 cm³/mol. The van der Waals surface area contributed by atoms with Crippen LogP contribution in [0.1, 0.15) is 32.8 Å². The van der Waals surface area contributed by atoms with Gasteiger partial charge in [0.25, 0.3) is 0 Å². The van der Waals surface area contributed by atoms with Gasteiger partial charge in [-0.3, -0.25) is 4.79 Å². The molecule has 1 heterocycles. The molecular weight excluding hydrogens is 257 g/mol. The van der Waals surface area contributed by atoms with Gasteiger partial charge in [-0.05, 0) is 43.9 Å². The maximum atomic E-state index is 13.0. The average molecular weight is 279 g/mol. The lowest BCUT2D eigenvalue weighted by atomic mass is 9.82. The van der Waals surface area contributed by atoms with Crippen molar-refractivity contribution in [1.29, 1.82) is 0 Å². The van der Waals surface area contributed by atoms with E-state index in [4.69, 9.17) is 0 Å². The highest BCUT2D eigenvalue weighted by molar-refractivity contribution is 5.87. The molecular formula is C16H22FNO2. The largest absolute Gasteiger partial charge is 0.391 e. The van der Waals surface area contributed by atoms with Crippen LogP contribution in [0.3, 0.4) is 0 Å². The van der Waals surface area contributed by atoms with Crippen LogP contribution in [0.2, 0.25) is 0 Å². The molecule has 2 atom stereocenters. The minimum absolute atomic E-state index is 0.0185. The molecule has 1 amide bonds. The van der Waals surface area contributed by atoms with Gasteiger partial charge in [-0.15, -0.1) is 0 Å². The number of carbonyl (C=O) groups excluding carboxylic acids is 1. The second kappa shape index (κ2) is 5.52. The molecule has 1 fully saturated rings. The summed E-state index contributed by atoms with van der Waals surface area (Å²) < 4.78 is 13.0. The molecule has 1 aromatic rings. The molecule has 2 rings (SSSR count). The van der Waals surface area contributed by atoms with Crippen molar-refractivity contribution in [2.45, 2.75) is 38.7 Å². The van der Waals surface area contributed by atoms with Crippen LogP contribution in [0.15, 0.2) is 24.3 Å². The Kier molecular flexibility index (Phi) is 4.14. The highest BCUT2D eigenvalue weighted by Gasteiger charge is 2.37. The number of benzene rings is 1. The van der Waals surface area contributed by atoms with Crippen LogP contribution in [-0.4, -0.2) is 35.1 Å². The molecule has 0 radical (unpaired) electrons. The number of hydrogen-bond acceptors (Lipinski definition) is 2. The smallest absolute Gasteiger partial charge is 0.232 e. The van der Waals surface area contributed by atoms with Crippen LogP contribution in [0, 0.1) is 11.7 Å². The first-order valence-corrected chi connectivity index (χ1v) is 7.06. The maximum absolute atomic E-state index is 13.0.